The topological polar surface area (TPSA) is 45.0 Å². The molecule has 0 heterocycles. The molecular weight excluding hydrogens is 284 g/mol. The molecule has 0 bridgehead atoms. The van der Waals surface area contributed by atoms with Gasteiger partial charge in [0.2, 0.25) is 0 Å². The van der Waals surface area contributed by atoms with E-state index < -0.39 is 0 Å². The summed E-state index contributed by atoms with van der Waals surface area (Å²) in [6.45, 7) is 2.11. The number of benzene rings is 2. The van der Waals surface area contributed by atoms with E-state index >= 15 is 0 Å². The maximum atomic E-state index is 8.94. The van der Waals surface area contributed by atoms with E-state index in [1.165, 1.54) is 0 Å². The minimum Gasteiger partial charge on any atom is -0.495 e. The first-order valence-electron chi connectivity index (χ1n) is 6.78. The molecule has 1 N–H and O–H groups in total. The number of rotatable bonds is 5. The van der Waals surface area contributed by atoms with E-state index in [0.29, 0.717) is 11.3 Å². The van der Waals surface area contributed by atoms with Gasteiger partial charge in [-0.15, -0.1) is 0 Å². The van der Waals surface area contributed by atoms with Gasteiger partial charge in [0.25, 0.3) is 0 Å². The largest absolute Gasteiger partial charge is 0.495 e. The van der Waals surface area contributed by atoms with Crippen molar-refractivity contribution in [3.63, 3.8) is 0 Å². The highest BCUT2D eigenvalue weighted by atomic mass is 35.5. The van der Waals surface area contributed by atoms with Crippen LogP contribution in [0.4, 0.5) is 5.69 Å². The molecule has 2 aromatic carbocycles. The van der Waals surface area contributed by atoms with Crippen molar-refractivity contribution in [2.75, 3.05) is 12.4 Å². The minimum atomic E-state index is 0.157. The fourth-order valence-corrected chi connectivity index (χ4v) is 2.31. The number of halogens is 1. The van der Waals surface area contributed by atoms with Gasteiger partial charge < -0.3 is 10.1 Å². The lowest BCUT2D eigenvalue weighted by atomic mass is 10.0. The van der Waals surface area contributed by atoms with E-state index in [4.69, 9.17) is 21.6 Å². The van der Waals surface area contributed by atoms with Gasteiger partial charge in [0.05, 0.1) is 30.5 Å². The van der Waals surface area contributed by atoms with Crippen LogP contribution < -0.4 is 10.1 Å². The number of ether oxygens (including phenoxy) is 1. The molecule has 0 amide bonds. The average Bonchev–Trinajstić information content (AvgIpc) is 2.53. The molecule has 2 aromatic rings. The lowest BCUT2D eigenvalue weighted by Gasteiger charge is -2.20. The zero-order valence-corrected chi connectivity index (χ0v) is 12.8. The first kappa shape index (κ1) is 15.2. The molecule has 0 aliphatic heterocycles. The molecule has 0 aliphatic rings. The smallest absolute Gasteiger partial charge is 0.143 e. The van der Waals surface area contributed by atoms with Crippen LogP contribution in [0.15, 0.2) is 42.5 Å². The Morgan fingerprint density at radius 3 is 2.52 bits per heavy atom. The van der Waals surface area contributed by atoms with E-state index in [9.17, 15) is 0 Å². The zero-order chi connectivity index (χ0) is 15.2. The summed E-state index contributed by atoms with van der Waals surface area (Å²) in [7, 11) is 1.60. The van der Waals surface area contributed by atoms with Gasteiger partial charge >= 0.3 is 0 Å². The summed E-state index contributed by atoms with van der Waals surface area (Å²) in [5, 5.41) is 13.1. The van der Waals surface area contributed by atoms with Crippen molar-refractivity contribution in [1.82, 2.24) is 0 Å². The monoisotopic (exact) mass is 300 g/mol. The molecule has 0 aliphatic carbocycles. The van der Waals surface area contributed by atoms with E-state index in [1.54, 1.807) is 19.2 Å². The number of methoxy groups -OCH3 is 1. The number of nitriles is 1. The van der Waals surface area contributed by atoms with Crippen LogP contribution in [0.3, 0.4) is 0 Å². The highest BCUT2D eigenvalue weighted by Crippen LogP contribution is 2.30. The van der Waals surface area contributed by atoms with Gasteiger partial charge in [0.15, 0.2) is 0 Å². The molecule has 4 heteroatoms. The van der Waals surface area contributed by atoms with Crippen LogP contribution in [0, 0.1) is 11.3 Å². The van der Waals surface area contributed by atoms with Crippen molar-refractivity contribution in [3.05, 3.63) is 58.6 Å². The van der Waals surface area contributed by atoms with Gasteiger partial charge in [-0.3, -0.25) is 0 Å². The fraction of sp³-hybridized carbons (Fsp3) is 0.235. The van der Waals surface area contributed by atoms with Crippen molar-refractivity contribution in [2.45, 2.75) is 19.4 Å². The Labute approximate surface area is 130 Å². The predicted octanol–water partition coefficient (Wildman–Crippen LogP) is 4.78. The second kappa shape index (κ2) is 7.01. The number of anilines is 1. The van der Waals surface area contributed by atoms with E-state index in [2.05, 4.69) is 18.3 Å². The molecule has 0 spiro atoms. The Balaban J connectivity index is 2.26. The van der Waals surface area contributed by atoms with Crippen molar-refractivity contribution in [3.8, 4) is 11.8 Å². The molecule has 0 saturated heterocycles. The molecule has 2 rings (SSSR count). The van der Waals surface area contributed by atoms with Crippen molar-refractivity contribution in [1.29, 1.82) is 5.26 Å². The summed E-state index contributed by atoms with van der Waals surface area (Å²) >= 11 is 5.93. The molecule has 0 fully saturated rings. The molecular formula is C17H17ClN2O. The van der Waals surface area contributed by atoms with Gasteiger partial charge in [-0.2, -0.15) is 5.26 Å². The van der Waals surface area contributed by atoms with Gasteiger partial charge in [-0.25, -0.2) is 0 Å². The van der Waals surface area contributed by atoms with Crippen LogP contribution in [-0.4, -0.2) is 7.11 Å². The Morgan fingerprint density at radius 1 is 1.24 bits per heavy atom. The van der Waals surface area contributed by atoms with Crippen LogP contribution in [-0.2, 0) is 0 Å². The second-order valence-corrected chi connectivity index (χ2v) is 5.12. The molecule has 1 unspecified atom stereocenters. The number of hydrogen-bond acceptors (Lipinski definition) is 3. The number of hydrogen-bond donors (Lipinski definition) is 1. The average molecular weight is 301 g/mol. The Kier molecular flexibility index (Phi) is 5.08. The molecule has 108 valence electrons. The molecule has 0 aromatic heterocycles. The van der Waals surface area contributed by atoms with Crippen LogP contribution in [0.2, 0.25) is 5.02 Å². The van der Waals surface area contributed by atoms with Crippen LogP contribution in [0.25, 0.3) is 0 Å². The van der Waals surface area contributed by atoms with Gasteiger partial charge in [0.1, 0.15) is 5.75 Å². The summed E-state index contributed by atoms with van der Waals surface area (Å²) in [6.07, 6.45) is 0.921. The van der Waals surface area contributed by atoms with Crippen LogP contribution >= 0.6 is 11.6 Å². The first-order valence-corrected chi connectivity index (χ1v) is 7.16. The van der Waals surface area contributed by atoms with Gasteiger partial charge in [0, 0.05) is 11.1 Å². The summed E-state index contributed by atoms with van der Waals surface area (Å²) in [6, 6.07) is 15.4. The van der Waals surface area contributed by atoms with Crippen molar-refractivity contribution < 1.29 is 4.74 Å². The van der Waals surface area contributed by atoms with Crippen molar-refractivity contribution in [2.24, 2.45) is 0 Å². The van der Waals surface area contributed by atoms with E-state index in [1.807, 2.05) is 30.3 Å². The Hall–Kier alpha value is -2.18. The maximum absolute atomic E-state index is 8.94. The molecule has 1 atom stereocenters. The summed E-state index contributed by atoms with van der Waals surface area (Å²) in [5.41, 5.74) is 2.61. The molecule has 0 radical (unpaired) electrons. The summed E-state index contributed by atoms with van der Waals surface area (Å²) in [5.74, 6) is 0.668. The van der Waals surface area contributed by atoms with Crippen LogP contribution in [0.5, 0.6) is 5.75 Å². The predicted molar refractivity (Wildman–Crippen MR) is 85.8 cm³/mol. The van der Waals surface area contributed by atoms with Gasteiger partial charge in [-0.05, 0) is 36.2 Å². The molecule has 21 heavy (non-hydrogen) atoms. The number of nitrogens with one attached hydrogen (secondary N) is 1. The normalized spacial score (nSPS) is 11.5. The van der Waals surface area contributed by atoms with Crippen LogP contribution in [0.1, 0.15) is 30.5 Å². The minimum absolute atomic E-state index is 0.157. The third kappa shape index (κ3) is 3.68. The first-order chi connectivity index (χ1) is 10.2. The third-order valence-corrected chi connectivity index (χ3v) is 3.59. The number of nitrogens with zero attached hydrogens (tertiary/aromatic N) is 1. The quantitative estimate of drug-likeness (QED) is 0.864. The zero-order valence-electron chi connectivity index (χ0n) is 12.1. The SMILES string of the molecule is CCC(Nc1ccc(C#N)cc1OC)c1ccc(Cl)cc1. The fourth-order valence-electron chi connectivity index (χ4n) is 2.18. The van der Waals surface area contributed by atoms with Gasteiger partial charge in [-0.1, -0.05) is 30.7 Å². The second-order valence-electron chi connectivity index (χ2n) is 4.68. The highest BCUT2D eigenvalue weighted by molar-refractivity contribution is 6.30. The maximum Gasteiger partial charge on any atom is 0.143 e. The lowest BCUT2D eigenvalue weighted by Crippen LogP contribution is -2.10. The van der Waals surface area contributed by atoms with Crippen molar-refractivity contribution >= 4 is 17.3 Å². The Morgan fingerprint density at radius 2 is 1.95 bits per heavy atom. The Bertz CT molecular complexity index is 647. The summed E-state index contributed by atoms with van der Waals surface area (Å²) < 4.78 is 5.35. The van der Waals surface area contributed by atoms with E-state index in [0.717, 1.165) is 22.7 Å². The molecule has 0 saturated carbocycles. The lowest BCUT2D eigenvalue weighted by molar-refractivity contribution is 0.415. The third-order valence-electron chi connectivity index (χ3n) is 3.34. The molecule has 3 nitrogen and oxygen atoms in total. The standard InChI is InChI=1S/C17H17ClN2O/c1-3-15(13-5-7-14(18)8-6-13)20-16-9-4-12(11-19)10-17(16)21-2/h4-10,15,20H,3H2,1-2H3. The van der Waals surface area contributed by atoms with E-state index in [-0.39, 0.29) is 6.04 Å². The highest BCUT2D eigenvalue weighted by Gasteiger charge is 2.12. The summed E-state index contributed by atoms with van der Waals surface area (Å²) in [4.78, 5) is 0.